The number of amides is 1. The van der Waals surface area contributed by atoms with Crippen LogP contribution in [-0.2, 0) is 11.2 Å². The van der Waals surface area contributed by atoms with Crippen molar-refractivity contribution in [3.8, 4) is 10.6 Å². The van der Waals surface area contributed by atoms with Gasteiger partial charge in [0, 0.05) is 42.1 Å². The Labute approximate surface area is 190 Å². The van der Waals surface area contributed by atoms with Crippen molar-refractivity contribution in [2.75, 3.05) is 43.4 Å². The monoisotopic (exact) mass is 460 g/mol. The minimum Gasteiger partial charge on any atom is -0.367 e. The van der Waals surface area contributed by atoms with E-state index in [4.69, 9.17) is 23.2 Å². The van der Waals surface area contributed by atoms with Crippen molar-refractivity contribution in [2.45, 2.75) is 6.42 Å². The Bertz CT molecular complexity index is 1050. The number of benzene rings is 2. The first kappa shape index (κ1) is 21.1. The van der Waals surface area contributed by atoms with Crippen molar-refractivity contribution >= 4 is 51.8 Å². The summed E-state index contributed by atoms with van der Waals surface area (Å²) in [6.07, 6.45) is 0.190. The lowest BCUT2D eigenvalue weighted by Crippen LogP contribution is -2.44. The van der Waals surface area contributed by atoms with E-state index in [9.17, 15) is 4.79 Å². The van der Waals surface area contributed by atoms with Gasteiger partial charge in [0.15, 0.2) is 0 Å². The summed E-state index contributed by atoms with van der Waals surface area (Å²) in [7, 11) is 2.12. The maximum Gasteiger partial charge on any atom is 0.230 e. The molecule has 156 valence electrons. The number of likely N-dealkylation sites (N-methyl/N-ethyl adjacent to an activating group) is 1. The van der Waals surface area contributed by atoms with Crippen molar-refractivity contribution in [3.05, 3.63) is 63.6 Å². The maximum absolute atomic E-state index is 12.8. The number of thiazole rings is 1. The van der Waals surface area contributed by atoms with Gasteiger partial charge < -0.3 is 15.1 Å². The lowest BCUT2D eigenvalue weighted by Gasteiger charge is -2.35. The third-order valence-electron chi connectivity index (χ3n) is 5.07. The SMILES string of the molecule is CN1CCN(c2ccc(Cl)cc2NC(=O)Cc2csc(-c3ccccc3Cl)n2)CC1. The van der Waals surface area contributed by atoms with Gasteiger partial charge in [0.1, 0.15) is 5.01 Å². The first-order valence-electron chi connectivity index (χ1n) is 9.72. The third kappa shape index (κ3) is 4.95. The molecule has 5 nitrogen and oxygen atoms in total. The standard InChI is InChI=1S/C22H22Cl2N4OS/c1-27-8-10-28(11-9-27)20-7-6-15(23)12-19(20)26-21(29)13-16-14-30-22(25-16)17-4-2-3-5-18(17)24/h2-7,12,14H,8-11,13H2,1H3,(H,26,29). The van der Waals surface area contributed by atoms with Crippen molar-refractivity contribution in [1.29, 1.82) is 0 Å². The highest BCUT2D eigenvalue weighted by Crippen LogP contribution is 2.32. The fourth-order valence-corrected chi connectivity index (χ4v) is 4.75. The normalized spacial score (nSPS) is 14.7. The minimum absolute atomic E-state index is 0.122. The number of rotatable bonds is 5. The number of nitrogens with one attached hydrogen (secondary N) is 1. The number of halogens is 2. The first-order chi connectivity index (χ1) is 14.5. The molecule has 0 aliphatic carbocycles. The molecule has 1 aliphatic rings. The van der Waals surface area contributed by atoms with E-state index in [0.717, 1.165) is 53.8 Å². The number of carbonyl (C=O) groups is 1. The molecule has 8 heteroatoms. The molecule has 1 N–H and O–H groups in total. The van der Waals surface area contributed by atoms with E-state index in [-0.39, 0.29) is 12.3 Å². The number of hydrogen-bond acceptors (Lipinski definition) is 5. The Kier molecular flexibility index (Phi) is 6.58. The van der Waals surface area contributed by atoms with Gasteiger partial charge in [-0.05, 0) is 31.3 Å². The zero-order valence-corrected chi connectivity index (χ0v) is 18.9. The third-order valence-corrected chi connectivity index (χ3v) is 6.56. The number of hydrogen-bond donors (Lipinski definition) is 1. The molecule has 2 heterocycles. The summed E-state index contributed by atoms with van der Waals surface area (Å²) >= 11 is 14.0. The average molecular weight is 461 g/mol. The highest BCUT2D eigenvalue weighted by Gasteiger charge is 2.19. The lowest BCUT2D eigenvalue weighted by molar-refractivity contribution is -0.115. The minimum atomic E-state index is -0.122. The molecule has 0 saturated carbocycles. The molecular formula is C22H22Cl2N4OS. The highest BCUT2D eigenvalue weighted by molar-refractivity contribution is 7.13. The van der Waals surface area contributed by atoms with Gasteiger partial charge in [-0.15, -0.1) is 11.3 Å². The van der Waals surface area contributed by atoms with E-state index in [1.807, 2.05) is 47.8 Å². The fraction of sp³-hybridized carbons (Fsp3) is 0.273. The second kappa shape index (κ2) is 9.35. The Morgan fingerprint density at radius 2 is 1.90 bits per heavy atom. The molecule has 0 spiro atoms. The largest absolute Gasteiger partial charge is 0.367 e. The zero-order chi connectivity index (χ0) is 21.1. The molecule has 1 fully saturated rings. The summed E-state index contributed by atoms with van der Waals surface area (Å²) < 4.78 is 0. The number of aromatic nitrogens is 1. The van der Waals surface area contributed by atoms with Crippen molar-refractivity contribution in [1.82, 2.24) is 9.88 Å². The van der Waals surface area contributed by atoms with Crippen LogP contribution in [0.4, 0.5) is 11.4 Å². The number of piperazine rings is 1. The van der Waals surface area contributed by atoms with Gasteiger partial charge in [0.05, 0.1) is 28.5 Å². The molecule has 30 heavy (non-hydrogen) atoms. The average Bonchev–Trinajstić information content (AvgIpc) is 3.17. The fourth-order valence-electron chi connectivity index (χ4n) is 3.44. The number of anilines is 2. The Morgan fingerprint density at radius 1 is 1.13 bits per heavy atom. The van der Waals surface area contributed by atoms with Crippen LogP contribution in [0, 0.1) is 0 Å². The lowest BCUT2D eigenvalue weighted by atomic mass is 10.2. The van der Waals surface area contributed by atoms with Crippen LogP contribution in [0.2, 0.25) is 10.0 Å². The van der Waals surface area contributed by atoms with Crippen LogP contribution >= 0.6 is 34.5 Å². The van der Waals surface area contributed by atoms with Crippen molar-refractivity contribution < 1.29 is 4.79 Å². The van der Waals surface area contributed by atoms with Gasteiger partial charge in [0.25, 0.3) is 0 Å². The van der Waals surface area contributed by atoms with Crippen LogP contribution < -0.4 is 10.2 Å². The molecule has 0 atom stereocenters. The van der Waals surface area contributed by atoms with E-state index in [1.165, 1.54) is 11.3 Å². The summed E-state index contributed by atoms with van der Waals surface area (Å²) in [5, 5.41) is 6.99. The van der Waals surface area contributed by atoms with E-state index in [2.05, 4.69) is 27.1 Å². The maximum atomic E-state index is 12.8. The van der Waals surface area contributed by atoms with E-state index in [0.29, 0.717) is 10.0 Å². The van der Waals surface area contributed by atoms with Crippen LogP contribution in [0.1, 0.15) is 5.69 Å². The number of nitrogens with zero attached hydrogens (tertiary/aromatic N) is 3. The highest BCUT2D eigenvalue weighted by atomic mass is 35.5. The molecule has 1 aliphatic heterocycles. The predicted octanol–water partition coefficient (Wildman–Crippen LogP) is 5.05. The molecule has 0 bridgehead atoms. The van der Waals surface area contributed by atoms with E-state index < -0.39 is 0 Å². The van der Waals surface area contributed by atoms with Gasteiger partial charge in [-0.1, -0.05) is 41.4 Å². The van der Waals surface area contributed by atoms with Gasteiger partial charge in [-0.25, -0.2) is 4.98 Å². The summed E-state index contributed by atoms with van der Waals surface area (Å²) in [6.45, 7) is 3.79. The van der Waals surface area contributed by atoms with Crippen molar-refractivity contribution in [3.63, 3.8) is 0 Å². The smallest absolute Gasteiger partial charge is 0.230 e. The van der Waals surface area contributed by atoms with Crippen LogP contribution in [0.25, 0.3) is 10.6 Å². The molecule has 1 aromatic heterocycles. The Hall–Kier alpha value is -2.12. The molecule has 0 radical (unpaired) electrons. The summed E-state index contributed by atoms with van der Waals surface area (Å²) in [5.41, 5.74) is 3.33. The summed E-state index contributed by atoms with van der Waals surface area (Å²) in [5.74, 6) is -0.122. The second-order valence-corrected chi connectivity index (χ2v) is 9.00. The molecule has 4 rings (SSSR count). The van der Waals surface area contributed by atoms with E-state index in [1.54, 1.807) is 0 Å². The molecular weight excluding hydrogens is 439 g/mol. The van der Waals surface area contributed by atoms with Gasteiger partial charge in [-0.3, -0.25) is 4.79 Å². The quantitative estimate of drug-likeness (QED) is 0.578. The predicted molar refractivity (Wildman–Crippen MR) is 126 cm³/mol. The first-order valence-corrected chi connectivity index (χ1v) is 11.4. The van der Waals surface area contributed by atoms with Crippen LogP contribution in [0.5, 0.6) is 0 Å². The van der Waals surface area contributed by atoms with Gasteiger partial charge >= 0.3 is 0 Å². The number of carbonyl (C=O) groups excluding carboxylic acids is 1. The molecule has 3 aromatic rings. The van der Waals surface area contributed by atoms with Crippen molar-refractivity contribution in [2.24, 2.45) is 0 Å². The summed E-state index contributed by atoms with van der Waals surface area (Å²) in [4.78, 5) is 21.9. The zero-order valence-electron chi connectivity index (χ0n) is 16.6. The molecule has 0 unspecified atom stereocenters. The van der Waals surface area contributed by atoms with Gasteiger partial charge in [0.2, 0.25) is 5.91 Å². The topological polar surface area (TPSA) is 48.5 Å². The molecule has 1 saturated heterocycles. The Balaban J connectivity index is 1.47. The van der Waals surface area contributed by atoms with Crippen LogP contribution in [0.15, 0.2) is 47.8 Å². The second-order valence-electron chi connectivity index (χ2n) is 7.30. The van der Waals surface area contributed by atoms with E-state index >= 15 is 0 Å². The molecule has 1 amide bonds. The Morgan fingerprint density at radius 3 is 2.67 bits per heavy atom. The van der Waals surface area contributed by atoms with Gasteiger partial charge in [-0.2, -0.15) is 0 Å². The van der Waals surface area contributed by atoms with Crippen LogP contribution in [-0.4, -0.2) is 49.0 Å². The molecule has 2 aromatic carbocycles. The van der Waals surface area contributed by atoms with Crippen LogP contribution in [0.3, 0.4) is 0 Å². The summed E-state index contributed by atoms with van der Waals surface area (Å²) in [6, 6.07) is 13.2.